The molecule has 5 rings (SSSR count). The summed E-state index contributed by atoms with van der Waals surface area (Å²) in [4.78, 5) is 34.8. The second kappa shape index (κ2) is 10.2. The third-order valence-electron chi connectivity index (χ3n) is 6.44. The quantitative estimate of drug-likeness (QED) is 0.358. The largest absolute Gasteiger partial charge is 0.481 e. The average Bonchev–Trinajstić information content (AvgIpc) is 3.36. The van der Waals surface area contributed by atoms with Crippen LogP contribution >= 0.6 is 11.6 Å². The maximum atomic E-state index is 15.5. The molecule has 1 aromatic carbocycles. The molecule has 1 unspecified atom stereocenters. The van der Waals surface area contributed by atoms with Crippen LogP contribution in [-0.2, 0) is 0 Å². The first-order valence-corrected chi connectivity index (χ1v) is 12.1. The lowest BCUT2D eigenvalue weighted by Crippen LogP contribution is -2.35. The predicted molar refractivity (Wildman–Crippen MR) is 140 cm³/mol. The zero-order chi connectivity index (χ0) is 27.0. The number of hydrogen-bond donors (Lipinski definition) is 2. The van der Waals surface area contributed by atoms with Crippen molar-refractivity contribution in [1.29, 1.82) is 0 Å². The number of ether oxygens (including phenoxy) is 2. The van der Waals surface area contributed by atoms with E-state index < -0.39 is 22.8 Å². The molecule has 10 nitrogen and oxygen atoms in total. The van der Waals surface area contributed by atoms with E-state index in [0.29, 0.717) is 28.7 Å². The second-order valence-corrected chi connectivity index (χ2v) is 9.15. The van der Waals surface area contributed by atoms with Crippen LogP contribution in [0.25, 0.3) is 16.6 Å². The molecule has 4 heterocycles. The van der Waals surface area contributed by atoms with E-state index in [4.69, 9.17) is 26.8 Å². The first-order valence-electron chi connectivity index (χ1n) is 11.7. The van der Waals surface area contributed by atoms with Crippen LogP contribution in [0.15, 0.2) is 53.6 Å². The number of rotatable bonds is 7. The molecule has 1 saturated heterocycles. The van der Waals surface area contributed by atoms with Crippen LogP contribution in [0.1, 0.15) is 23.2 Å². The third-order valence-corrected chi connectivity index (χ3v) is 6.73. The summed E-state index contributed by atoms with van der Waals surface area (Å²) in [6.07, 6.45) is 4.19. The normalized spacial score (nSPS) is 15.1. The lowest BCUT2D eigenvalue weighted by Gasteiger charge is -2.28. The molecule has 1 aliphatic rings. The summed E-state index contributed by atoms with van der Waals surface area (Å²) in [6.45, 7) is 0.735. The van der Waals surface area contributed by atoms with Gasteiger partial charge in [0, 0.05) is 36.5 Å². The predicted octanol–water partition coefficient (Wildman–Crippen LogP) is 3.91. The Morgan fingerprint density at radius 3 is 2.84 bits per heavy atom. The van der Waals surface area contributed by atoms with Crippen molar-refractivity contribution in [2.45, 2.75) is 18.9 Å². The maximum Gasteiger partial charge on any atom is 0.341 e. The van der Waals surface area contributed by atoms with Gasteiger partial charge in [-0.2, -0.15) is 4.98 Å². The van der Waals surface area contributed by atoms with Gasteiger partial charge in [0.25, 0.3) is 0 Å². The molecular formula is C26H23ClFN5O5. The maximum absolute atomic E-state index is 15.5. The molecule has 196 valence electrons. The Balaban J connectivity index is 1.57. The Bertz CT molecular complexity index is 1610. The standard InChI is InChI=1S/C26H23ClFN5O5/c1-37-23-5-4-18(27)25(31-23)38-13-15-3-2-8-32(15)21-11-20-16(10-19(21)28)24(34)17(26(35)36)12-33(20)14-6-7-30-22(29)9-14/h4-7,9-12,15H,2-3,8,13H2,1H3,(H2,29,30)(H,35,36). The first kappa shape index (κ1) is 25.3. The third kappa shape index (κ3) is 4.68. The van der Waals surface area contributed by atoms with Crippen LogP contribution in [0, 0.1) is 5.82 Å². The zero-order valence-corrected chi connectivity index (χ0v) is 21.0. The molecule has 1 atom stereocenters. The molecule has 0 radical (unpaired) electrons. The smallest absolute Gasteiger partial charge is 0.341 e. The summed E-state index contributed by atoms with van der Waals surface area (Å²) in [5.74, 6) is -1.30. The van der Waals surface area contributed by atoms with Gasteiger partial charge in [0.1, 0.15) is 28.8 Å². The number of methoxy groups -OCH3 is 1. The minimum absolute atomic E-state index is 0.0686. The average molecular weight is 540 g/mol. The number of nitrogen functional groups attached to an aromatic ring is 1. The fraction of sp³-hybridized carbons (Fsp3) is 0.231. The van der Waals surface area contributed by atoms with Crippen LogP contribution < -0.4 is 25.5 Å². The van der Waals surface area contributed by atoms with Crippen LogP contribution in [0.4, 0.5) is 15.9 Å². The Morgan fingerprint density at radius 2 is 2.11 bits per heavy atom. The lowest BCUT2D eigenvalue weighted by atomic mass is 10.1. The molecule has 0 saturated carbocycles. The van der Waals surface area contributed by atoms with E-state index in [9.17, 15) is 14.7 Å². The summed E-state index contributed by atoms with van der Waals surface area (Å²) in [5, 5.41) is 9.85. The molecule has 1 fully saturated rings. The van der Waals surface area contributed by atoms with Crippen molar-refractivity contribution < 1.29 is 23.8 Å². The molecule has 12 heteroatoms. The summed E-state index contributed by atoms with van der Waals surface area (Å²) < 4.78 is 28.0. The van der Waals surface area contributed by atoms with E-state index in [1.165, 1.54) is 30.1 Å². The van der Waals surface area contributed by atoms with E-state index in [1.807, 2.05) is 4.90 Å². The molecule has 3 N–H and O–H groups in total. The zero-order valence-electron chi connectivity index (χ0n) is 20.2. The Labute approximate surface area is 221 Å². The van der Waals surface area contributed by atoms with Crippen LogP contribution in [0.5, 0.6) is 11.8 Å². The lowest BCUT2D eigenvalue weighted by molar-refractivity contribution is 0.0695. The van der Waals surface area contributed by atoms with Gasteiger partial charge in [0.15, 0.2) is 0 Å². The fourth-order valence-electron chi connectivity index (χ4n) is 4.63. The van der Waals surface area contributed by atoms with Gasteiger partial charge in [-0.05, 0) is 37.1 Å². The number of aromatic nitrogens is 3. The molecule has 38 heavy (non-hydrogen) atoms. The van der Waals surface area contributed by atoms with Gasteiger partial charge >= 0.3 is 5.97 Å². The van der Waals surface area contributed by atoms with Gasteiger partial charge in [-0.1, -0.05) is 11.6 Å². The number of fused-ring (bicyclic) bond motifs is 1. The fourth-order valence-corrected chi connectivity index (χ4v) is 4.79. The molecule has 0 spiro atoms. The number of halogens is 2. The highest BCUT2D eigenvalue weighted by molar-refractivity contribution is 6.31. The number of anilines is 2. The van der Waals surface area contributed by atoms with Crippen molar-refractivity contribution in [2.75, 3.05) is 30.9 Å². The van der Waals surface area contributed by atoms with Gasteiger partial charge in [-0.15, -0.1) is 0 Å². The highest BCUT2D eigenvalue weighted by Gasteiger charge is 2.29. The van der Waals surface area contributed by atoms with Crippen LogP contribution in [-0.4, -0.2) is 51.9 Å². The summed E-state index contributed by atoms with van der Waals surface area (Å²) in [7, 11) is 1.49. The van der Waals surface area contributed by atoms with Gasteiger partial charge in [-0.3, -0.25) is 4.79 Å². The van der Waals surface area contributed by atoms with E-state index in [0.717, 1.165) is 18.9 Å². The van der Waals surface area contributed by atoms with Gasteiger partial charge < -0.3 is 29.8 Å². The summed E-state index contributed by atoms with van der Waals surface area (Å²) >= 11 is 6.22. The van der Waals surface area contributed by atoms with E-state index in [-0.39, 0.29) is 35.4 Å². The second-order valence-electron chi connectivity index (χ2n) is 8.75. The van der Waals surface area contributed by atoms with Crippen LogP contribution in [0.3, 0.4) is 0 Å². The minimum Gasteiger partial charge on any atom is -0.481 e. The Morgan fingerprint density at radius 1 is 1.29 bits per heavy atom. The number of carbonyl (C=O) groups is 1. The SMILES string of the molecule is COc1ccc(Cl)c(OCC2CCCN2c2cc3c(cc2F)c(=O)c(C(=O)O)cn3-c2ccnc(N)c2)n1. The molecule has 0 aliphatic carbocycles. The van der Waals surface area contributed by atoms with Gasteiger partial charge in [0.05, 0.1) is 30.0 Å². The Hall–Kier alpha value is -4.38. The van der Waals surface area contributed by atoms with Gasteiger partial charge in [-0.25, -0.2) is 14.2 Å². The molecular weight excluding hydrogens is 517 g/mol. The molecule has 1 aliphatic heterocycles. The minimum atomic E-state index is -1.42. The van der Waals surface area contributed by atoms with Crippen molar-refractivity contribution >= 4 is 40.0 Å². The number of benzene rings is 1. The summed E-state index contributed by atoms with van der Waals surface area (Å²) in [5.41, 5.74) is 5.63. The monoisotopic (exact) mass is 539 g/mol. The molecule has 0 bridgehead atoms. The van der Waals surface area contributed by atoms with Crippen molar-refractivity contribution in [3.8, 4) is 17.4 Å². The van der Waals surface area contributed by atoms with Crippen molar-refractivity contribution in [1.82, 2.24) is 14.5 Å². The number of carboxylic acid groups (broad SMARTS) is 1. The molecule has 0 amide bonds. The topological polar surface area (TPSA) is 133 Å². The van der Waals surface area contributed by atoms with E-state index in [1.54, 1.807) is 24.3 Å². The number of carboxylic acids is 1. The number of nitrogens with two attached hydrogens (primary N) is 1. The van der Waals surface area contributed by atoms with E-state index in [2.05, 4.69) is 9.97 Å². The summed E-state index contributed by atoms with van der Waals surface area (Å²) in [6, 6.07) is 8.81. The molecule has 3 aromatic heterocycles. The number of hydrogen-bond acceptors (Lipinski definition) is 8. The van der Waals surface area contributed by atoms with Crippen LogP contribution in [0.2, 0.25) is 5.02 Å². The van der Waals surface area contributed by atoms with Crippen molar-refractivity contribution in [3.63, 3.8) is 0 Å². The van der Waals surface area contributed by atoms with Gasteiger partial charge in [0.2, 0.25) is 17.2 Å². The highest BCUT2D eigenvalue weighted by atomic mass is 35.5. The highest BCUT2D eigenvalue weighted by Crippen LogP contribution is 2.33. The number of pyridine rings is 3. The van der Waals surface area contributed by atoms with Crippen molar-refractivity contribution in [2.24, 2.45) is 0 Å². The first-order chi connectivity index (χ1) is 18.3. The van der Waals surface area contributed by atoms with E-state index >= 15 is 4.39 Å². The number of aromatic carboxylic acids is 1. The van der Waals surface area contributed by atoms with Crippen molar-refractivity contribution in [3.05, 3.63) is 75.4 Å². The Kier molecular flexibility index (Phi) is 6.77. The number of nitrogens with zero attached hydrogens (tertiary/aromatic N) is 4. The molecule has 4 aromatic rings.